The molecule has 0 aliphatic heterocycles. The quantitative estimate of drug-likeness (QED) is 0.445. The standard InChI is InChI=1S/C24H24BrN3O4/c1-24(2,16-5-9-20(10-6-16)32-22-26-13-17(25)14-27-22)15-3-7-19(8-4-15)31-21-11-18(12-21)28-23(29)30/h3-10,13-14,18,21,28H,11-12H2,1-2H3,(H,29,30)/t18-,21-. The third-order valence-electron chi connectivity index (χ3n) is 5.68. The Morgan fingerprint density at radius 2 is 1.53 bits per heavy atom. The molecule has 0 spiro atoms. The molecule has 7 nitrogen and oxygen atoms in total. The summed E-state index contributed by atoms with van der Waals surface area (Å²) in [7, 11) is 0. The molecule has 3 aromatic rings. The highest BCUT2D eigenvalue weighted by Gasteiger charge is 2.32. The molecule has 1 aliphatic carbocycles. The number of halogens is 1. The summed E-state index contributed by atoms with van der Waals surface area (Å²) in [6, 6.07) is 16.3. The number of aromatic nitrogens is 2. The van der Waals surface area contributed by atoms with Crippen LogP contribution in [-0.4, -0.2) is 33.3 Å². The summed E-state index contributed by atoms with van der Waals surface area (Å²) in [5.41, 5.74) is 2.10. The van der Waals surface area contributed by atoms with Crippen LogP contribution < -0.4 is 14.8 Å². The molecule has 0 atom stereocenters. The van der Waals surface area contributed by atoms with Crippen LogP contribution >= 0.6 is 15.9 Å². The van der Waals surface area contributed by atoms with E-state index in [0.717, 1.165) is 21.3 Å². The maximum absolute atomic E-state index is 10.7. The summed E-state index contributed by atoms with van der Waals surface area (Å²) >= 11 is 3.31. The van der Waals surface area contributed by atoms with Crippen LogP contribution in [0.1, 0.15) is 37.8 Å². The van der Waals surface area contributed by atoms with Gasteiger partial charge in [-0.25, -0.2) is 14.8 Å². The Morgan fingerprint density at radius 3 is 2.06 bits per heavy atom. The predicted octanol–water partition coefficient (Wildman–Crippen LogP) is 5.53. The van der Waals surface area contributed by atoms with Crippen molar-refractivity contribution in [2.45, 2.75) is 44.2 Å². The van der Waals surface area contributed by atoms with Crippen LogP contribution in [0.15, 0.2) is 65.4 Å². The zero-order valence-corrected chi connectivity index (χ0v) is 19.4. The number of carbonyl (C=O) groups is 1. The SMILES string of the molecule is CC(C)(c1ccc(Oc2ncc(Br)cn2)cc1)c1ccc(O[C@H]2C[C@H](NC(=O)O)C2)cc1. The molecule has 1 saturated carbocycles. The number of carboxylic acid groups (broad SMARTS) is 1. The minimum atomic E-state index is -0.985. The first-order chi connectivity index (χ1) is 15.3. The highest BCUT2D eigenvalue weighted by Crippen LogP contribution is 2.34. The van der Waals surface area contributed by atoms with Crippen LogP contribution in [0.3, 0.4) is 0 Å². The van der Waals surface area contributed by atoms with Crippen LogP contribution in [0.2, 0.25) is 0 Å². The van der Waals surface area contributed by atoms with Crippen molar-refractivity contribution in [3.8, 4) is 17.5 Å². The Morgan fingerprint density at radius 1 is 1.00 bits per heavy atom. The second kappa shape index (κ2) is 9.16. The normalized spacial score (nSPS) is 17.8. The molecule has 1 aromatic heterocycles. The van der Waals surface area contributed by atoms with Crippen LogP contribution in [-0.2, 0) is 5.41 Å². The number of ether oxygens (including phenoxy) is 2. The van der Waals surface area contributed by atoms with Crippen LogP contribution in [0.25, 0.3) is 0 Å². The van der Waals surface area contributed by atoms with Crippen molar-refractivity contribution in [1.82, 2.24) is 15.3 Å². The van der Waals surface area contributed by atoms with Gasteiger partial charge in [-0.3, -0.25) is 0 Å². The van der Waals surface area contributed by atoms with Crippen molar-refractivity contribution in [3.05, 3.63) is 76.5 Å². The van der Waals surface area contributed by atoms with Gasteiger partial charge in [0.15, 0.2) is 0 Å². The molecule has 1 aliphatic rings. The fourth-order valence-corrected chi connectivity index (χ4v) is 3.87. The summed E-state index contributed by atoms with van der Waals surface area (Å²) < 4.78 is 12.5. The summed E-state index contributed by atoms with van der Waals surface area (Å²) in [5.74, 6) is 1.47. The van der Waals surface area contributed by atoms with E-state index >= 15 is 0 Å². The van der Waals surface area contributed by atoms with Gasteiger partial charge in [-0.05, 0) is 51.3 Å². The summed E-state index contributed by atoms with van der Waals surface area (Å²) in [6.07, 6.45) is 3.74. The van der Waals surface area contributed by atoms with Gasteiger partial charge < -0.3 is 19.9 Å². The lowest BCUT2D eigenvalue weighted by Crippen LogP contribution is -2.48. The number of amides is 1. The highest BCUT2D eigenvalue weighted by molar-refractivity contribution is 9.10. The topological polar surface area (TPSA) is 93.6 Å². The van der Waals surface area contributed by atoms with Crippen molar-refractivity contribution >= 4 is 22.0 Å². The Labute approximate surface area is 194 Å². The van der Waals surface area contributed by atoms with E-state index in [1.807, 2.05) is 36.4 Å². The minimum Gasteiger partial charge on any atom is -0.490 e. The molecule has 0 unspecified atom stereocenters. The molecule has 166 valence electrons. The Kier molecular flexibility index (Phi) is 6.32. The van der Waals surface area contributed by atoms with E-state index in [0.29, 0.717) is 24.6 Å². The predicted molar refractivity (Wildman–Crippen MR) is 123 cm³/mol. The lowest BCUT2D eigenvalue weighted by molar-refractivity contribution is 0.0833. The first kappa shape index (κ1) is 22.1. The highest BCUT2D eigenvalue weighted by atomic mass is 79.9. The zero-order chi connectivity index (χ0) is 22.7. The molecular weight excluding hydrogens is 474 g/mol. The Balaban J connectivity index is 1.37. The number of benzene rings is 2. The largest absolute Gasteiger partial charge is 0.490 e. The monoisotopic (exact) mass is 497 g/mol. The molecule has 0 bridgehead atoms. The summed E-state index contributed by atoms with van der Waals surface area (Å²) in [5, 5.41) is 11.2. The lowest BCUT2D eigenvalue weighted by atomic mass is 9.78. The fourth-order valence-electron chi connectivity index (χ4n) is 3.66. The van der Waals surface area contributed by atoms with E-state index in [4.69, 9.17) is 14.6 Å². The second-order valence-corrected chi connectivity index (χ2v) is 9.23. The lowest BCUT2D eigenvalue weighted by Gasteiger charge is -2.35. The average molecular weight is 498 g/mol. The number of hydrogen-bond donors (Lipinski definition) is 2. The van der Waals surface area contributed by atoms with Crippen molar-refractivity contribution < 1.29 is 19.4 Å². The maximum Gasteiger partial charge on any atom is 0.404 e. The van der Waals surface area contributed by atoms with Gasteiger partial charge in [0, 0.05) is 36.7 Å². The molecule has 4 rings (SSSR count). The Hall–Kier alpha value is -3.13. The van der Waals surface area contributed by atoms with Crippen molar-refractivity contribution in [1.29, 1.82) is 0 Å². The first-order valence-electron chi connectivity index (χ1n) is 10.3. The number of rotatable bonds is 7. The van der Waals surface area contributed by atoms with E-state index in [2.05, 4.69) is 57.2 Å². The van der Waals surface area contributed by atoms with Gasteiger partial charge >= 0.3 is 12.1 Å². The molecule has 1 heterocycles. The van der Waals surface area contributed by atoms with Crippen LogP contribution in [0.5, 0.6) is 17.5 Å². The molecule has 0 saturated heterocycles. The van der Waals surface area contributed by atoms with E-state index in [-0.39, 0.29) is 17.6 Å². The number of nitrogens with zero attached hydrogens (tertiary/aromatic N) is 2. The Bertz CT molecular complexity index is 1060. The first-order valence-corrected chi connectivity index (χ1v) is 11.1. The van der Waals surface area contributed by atoms with Gasteiger partial charge in [0.1, 0.15) is 17.6 Å². The fraction of sp³-hybridized carbons (Fsp3) is 0.292. The third kappa shape index (κ3) is 5.19. The van der Waals surface area contributed by atoms with Crippen molar-refractivity contribution in [3.63, 3.8) is 0 Å². The van der Waals surface area contributed by atoms with E-state index in [9.17, 15) is 4.79 Å². The molecular formula is C24H24BrN3O4. The van der Waals surface area contributed by atoms with Gasteiger partial charge in [0.2, 0.25) is 0 Å². The van der Waals surface area contributed by atoms with E-state index in [1.54, 1.807) is 12.4 Å². The van der Waals surface area contributed by atoms with E-state index < -0.39 is 6.09 Å². The van der Waals surface area contributed by atoms with Gasteiger partial charge in [-0.2, -0.15) is 0 Å². The molecule has 32 heavy (non-hydrogen) atoms. The molecule has 2 aromatic carbocycles. The average Bonchev–Trinajstić information content (AvgIpc) is 2.74. The van der Waals surface area contributed by atoms with Gasteiger partial charge in [-0.1, -0.05) is 38.1 Å². The molecule has 0 radical (unpaired) electrons. The maximum atomic E-state index is 10.7. The minimum absolute atomic E-state index is 0.0158. The molecule has 8 heteroatoms. The number of hydrogen-bond acceptors (Lipinski definition) is 5. The van der Waals surface area contributed by atoms with Crippen molar-refractivity contribution in [2.24, 2.45) is 0 Å². The summed E-state index contributed by atoms with van der Waals surface area (Å²) in [4.78, 5) is 18.9. The third-order valence-corrected chi connectivity index (χ3v) is 6.09. The smallest absolute Gasteiger partial charge is 0.404 e. The number of nitrogens with one attached hydrogen (secondary N) is 1. The second-order valence-electron chi connectivity index (χ2n) is 8.32. The van der Waals surface area contributed by atoms with Gasteiger partial charge in [-0.15, -0.1) is 0 Å². The molecule has 2 N–H and O–H groups in total. The summed E-state index contributed by atoms with van der Waals surface area (Å²) in [6.45, 7) is 4.34. The van der Waals surface area contributed by atoms with Gasteiger partial charge in [0.25, 0.3) is 0 Å². The molecule has 1 fully saturated rings. The van der Waals surface area contributed by atoms with Crippen molar-refractivity contribution in [2.75, 3.05) is 0 Å². The molecule has 1 amide bonds. The van der Waals surface area contributed by atoms with E-state index in [1.165, 1.54) is 0 Å². The van der Waals surface area contributed by atoms with Crippen LogP contribution in [0.4, 0.5) is 4.79 Å². The van der Waals surface area contributed by atoms with Crippen LogP contribution in [0, 0.1) is 0 Å². The zero-order valence-electron chi connectivity index (χ0n) is 17.8. The van der Waals surface area contributed by atoms with Gasteiger partial charge in [0.05, 0.1) is 4.47 Å².